The van der Waals surface area contributed by atoms with Gasteiger partial charge in [-0.3, -0.25) is 4.79 Å². The maximum absolute atomic E-state index is 12.3. The monoisotopic (exact) mass is 307 g/mol. The van der Waals surface area contributed by atoms with E-state index in [1.54, 1.807) is 11.0 Å². The molecule has 0 bridgehead atoms. The van der Waals surface area contributed by atoms with E-state index in [1.807, 2.05) is 0 Å². The third-order valence-corrected chi connectivity index (χ3v) is 4.35. The van der Waals surface area contributed by atoms with Gasteiger partial charge in [0.2, 0.25) is 0 Å². The second-order valence-electron chi connectivity index (χ2n) is 3.92. The first-order valence-electron chi connectivity index (χ1n) is 5.27. The predicted molar refractivity (Wildman–Crippen MR) is 71.8 cm³/mol. The Morgan fingerprint density at radius 1 is 1.61 bits per heavy atom. The number of nitrogens with zero attached hydrogens (tertiary/aromatic N) is 2. The summed E-state index contributed by atoms with van der Waals surface area (Å²) >= 11 is 12.9. The van der Waals surface area contributed by atoms with E-state index in [4.69, 9.17) is 34.1 Å². The summed E-state index contributed by atoms with van der Waals surface area (Å²) in [7, 11) is 0. The van der Waals surface area contributed by atoms with Gasteiger partial charge in [-0.15, -0.1) is 11.3 Å². The normalized spacial score (nSPS) is 20.4. The van der Waals surface area contributed by atoms with E-state index >= 15 is 0 Å². The highest BCUT2D eigenvalue weighted by atomic mass is 35.5. The van der Waals surface area contributed by atoms with Crippen LogP contribution in [0.4, 0.5) is 0 Å². The Hall–Kier alpha value is -0.980. The second kappa shape index (κ2) is 5.34. The van der Waals surface area contributed by atoms with Gasteiger partial charge in [0.1, 0.15) is 4.34 Å². The third-order valence-electron chi connectivity index (χ3n) is 2.86. The van der Waals surface area contributed by atoms with Crippen LogP contribution in [-0.2, 0) is 0 Å². The molecule has 2 rings (SSSR count). The smallest absolute Gasteiger partial charge is 0.256 e. The highest BCUT2D eigenvalue weighted by Crippen LogP contribution is 2.33. The Balaban J connectivity index is 2.26. The molecule has 0 aromatic carbocycles. The van der Waals surface area contributed by atoms with E-state index in [0.717, 1.165) is 17.8 Å². The Labute approximate surface area is 118 Å². The van der Waals surface area contributed by atoms with Crippen molar-refractivity contribution in [3.63, 3.8) is 0 Å². The van der Waals surface area contributed by atoms with Crippen LogP contribution in [0.2, 0.25) is 8.67 Å². The largest absolute Gasteiger partial charge is 0.409 e. The number of hydrogen-bond donors (Lipinski definition) is 2. The van der Waals surface area contributed by atoms with Crippen LogP contribution < -0.4 is 5.73 Å². The van der Waals surface area contributed by atoms with Gasteiger partial charge in [0.25, 0.3) is 5.91 Å². The van der Waals surface area contributed by atoms with Crippen molar-refractivity contribution in [2.75, 3.05) is 6.54 Å². The van der Waals surface area contributed by atoms with Crippen LogP contribution in [0, 0.1) is 0 Å². The van der Waals surface area contributed by atoms with Gasteiger partial charge in [0.05, 0.1) is 15.9 Å². The van der Waals surface area contributed by atoms with Crippen LogP contribution in [-0.4, -0.2) is 34.4 Å². The highest BCUT2D eigenvalue weighted by Gasteiger charge is 2.33. The molecule has 1 amide bonds. The number of hydrogen-bond acceptors (Lipinski definition) is 4. The molecule has 8 heteroatoms. The number of oxime groups is 1. The number of amides is 1. The molecule has 1 unspecified atom stereocenters. The fourth-order valence-corrected chi connectivity index (χ4v) is 3.47. The van der Waals surface area contributed by atoms with Crippen molar-refractivity contribution in [3.05, 3.63) is 20.3 Å². The third kappa shape index (κ3) is 2.41. The van der Waals surface area contributed by atoms with Gasteiger partial charge in [0.15, 0.2) is 5.84 Å². The zero-order chi connectivity index (χ0) is 13.3. The Morgan fingerprint density at radius 2 is 2.33 bits per heavy atom. The predicted octanol–water partition coefficient (Wildman–Crippen LogP) is 2.41. The molecule has 1 aromatic heterocycles. The molecule has 1 fully saturated rings. The minimum Gasteiger partial charge on any atom is -0.409 e. The van der Waals surface area contributed by atoms with Crippen molar-refractivity contribution in [2.45, 2.75) is 18.9 Å². The quantitative estimate of drug-likeness (QED) is 0.381. The summed E-state index contributed by atoms with van der Waals surface area (Å²) in [6.07, 6.45) is 1.49. The molecule has 0 aliphatic carbocycles. The fraction of sp³-hybridized carbons (Fsp3) is 0.400. The van der Waals surface area contributed by atoms with Gasteiger partial charge >= 0.3 is 0 Å². The first kappa shape index (κ1) is 13.5. The summed E-state index contributed by atoms with van der Waals surface area (Å²) < 4.78 is 0.818. The van der Waals surface area contributed by atoms with E-state index in [1.165, 1.54) is 0 Å². The van der Waals surface area contributed by atoms with Crippen LogP contribution in [0.3, 0.4) is 0 Å². The number of thiophene rings is 1. The van der Waals surface area contributed by atoms with E-state index < -0.39 is 0 Å². The van der Waals surface area contributed by atoms with Crippen LogP contribution >= 0.6 is 34.5 Å². The Morgan fingerprint density at radius 3 is 2.89 bits per heavy atom. The number of halogens is 2. The van der Waals surface area contributed by atoms with Gasteiger partial charge < -0.3 is 15.8 Å². The van der Waals surface area contributed by atoms with Crippen molar-refractivity contribution in [2.24, 2.45) is 10.9 Å². The molecule has 18 heavy (non-hydrogen) atoms. The Kier molecular flexibility index (Phi) is 3.99. The van der Waals surface area contributed by atoms with E-state index in [9.17, 15) is 4.79 Å². The fourth-order valence-electron chi connectivity index (χ4n) is 2.02. The van der Waals surface area contributed by atoms with Crippen molar-refractivity contribution < 1.29 is 10.0 Å². The van der Waals surface area contributed by atoms with Crippen LogP contribution in [0.5, 0.6) is 0 Å². The average molecular weight is 308 g/mol. The molecule has 3 N–H and O–H groups in total. The molecule has 2 heterocycles. The summed E-state index contributed by atoms with van der Waals surface area (Å²) in [5.41, 5.74) is 5.94. The van der Waals surface area contributed by atoms with Crippen LogP contribution in [0.15, 0.2) is 11.2 Å². The molecular weight excluding hydrogens is 297 g/mol. The lowest BCUT2D eigenvalue weighted by Crippen LogP contribution is -2.43. The van der Waals surface area contributed by atoms with E-state index in [0.29, 0.717) is 27.2 Å². The lowest BCUT2D eigenvalue weighted by molar-refractivity contribution is 0.0768. The molecule has 1 aliphatic rings. The molecule has 0 saturated carbocycles. The van der Waals surface area contributed by atoms with Crippen molar-refractivity contribution >= 4 is 46.3 Å². The van der Waals surface area contributed by atoms with Crippen molar-refractivity contribution in [1.82, 2.24) is 4.90 Å². The number of amidine groups is 1. The summed E-state index contributed by atoms with van der Waals surface area (Å²) in [6, 6.07) is 1.16. The lowest BCUT2D eigenvalue weighted by atomic mass is 10.2. The summed E-state index contributed by atoms with van der Waals surface area (Å²) in [6.45, 7) is 0.559. The van der Waals surface area contributed by atoms with Gasteiger partial charge in [-0.05, 0) is 18.9 Å². The summed E-state index contributed by atoms with van der Waals surface area (Å²) in [5, 5.41) is 11.7. The van der Waals surface area contributed by atoms with Crippen molar-refractivity contribution in [1.29, 1.82) is 0 Å². The molecule has 1 aromatic rings. The summed E-state index contributed by atoms with van der Waals surface area (Å²) in [5.74, 6) is -0.199. The van der Waals surface area contributed by atoms with Crippen LogP contribution in [0.25, 0.3) is 0 Å². The number of likely N-dealkylation sites (tertiary alicyclic amines) is 1. The molecule has 98 valence electrons. The zero-order valence-electron chi connectivity index (χ0n) is 9.27. The maximum atomic E-state index is 12.3. The minimum atomic E-state index is -0.378. The number of nitrogens with two attached hydrogens (primary N) is 1. The molecule has 5 nitrogen and oxygen atoms in total. The molecule has 1 saturated heterocycles. The highest BCUT2D eigenvalue weighted by molar-refractivity contribution is 7.20. The standard InChI is InChI=1S/C10H11Cl2N3O2S/c11-7-4-5(8(12)18-7)10(16)15-3-1-2-6(15)9(13)14-17/h4,6,17H,1-3H2,(H2,13,14). The van der Waals surface area contributed by atoms with Crippen LogP contribution in [0.1, 0.15) is 23.2 Å². The van der Waals surface area contributed by atoms with E-state index in [2.05, 4.69) is 5.16 Å². The van der Waals surface area contributed by atoms with Gasteiger partial charge in [-0.1, -0.05) is 28.4 Å². The van der Waals surface area contributed by atoms with Gasteiger partial charge in [-0.2, -0.15) is 0 Å². The first-order valence-corrected chi connectivity index (χ1v) is 6.85. The summed E-state index contributed by atoms with van der Waals surface area (Å²) in [4.78, 5) is 13.9. The SMILES string of the molecule is N/C(=N/O)C1CCCN1C(=O)c1cc(Cl)sc1Cl. The molecular formula is C10H11Cl2N3O2S. The molecule has 0 spiro atoms. The number of carbonyl (C=O) groups is 1. The van der Waals surface area contributed by atoms with Gasteiger partial charge in [-0.25, -0.2) is 0 Å². The first-order chi connectivity index (χ1) is 8.54. The maximum Gasteiger partial charge on any atom is 0.256 e. The molecule has 1 atom stereocenters. The lowest BCUT2D eigenvalue weighted by Gasteiger charge is -2.23. The van der Waals surface area contributed by atoms with Gasteiger partial charge in [0, 0.05) is 6.54 Å². The number of rotatable bonds is 2. The number of carbonyl (C=O) groups excluding carboxylic acids is 1. The topological polar surface area (TPSA) is 78.9 Å². The zero-order valence-corrected chi connectivity index (χ0v) is 11.6. The molecule has 1 aliphatic heterocycles. The minimum absolute atomic E-state index is 0.0401. The average Bonchev–Trinajstić information content (AvgIpc) is 2.94. The van der Waals surface area contributed by atoms with E-state index in [-0.39, 0.29) is 17.8 Å². The molecule has 0 radical (unpaired) electrons. The second-order valence-corrected chi connectivity index (χ2v) is 6.20. The van der Waals surface area contributed by atoms with Crippen molar-refractivity contribution in [3.8, 4) is 0 Å². The Bertz CT molecular complexity index is 503.